The van der Waals surface area contributed by atoms with E-state index in [4.69, 9.17) is 14.2 Å². The minimum atomic E-state index is -0.760. The summed E-state index contributed by atoms with van der Waals surface area (Å²) in [6.07, 6.45) is 50.9. The molecule has 0 aromatic carbocycles. The van der Waals surface area contributed by atoms with Crippen molar-refractivity contribution in [3.8, 4) is 0 Å². The van der Waals surface area contributed by atoms with E-state index in [1.807, 2.05) is 0 Å². The van der Waals surface area contributed by atoms with E-state index in [0.29, 0.717) is 19.3 Å². The third-order valence-corrected chi connectivity index (χ3v) is 12.3. The van der Waals surface area contributed by atoms with Crippen LogP contribution in [0.2, 0.25) is 0 Å². The Morgan fingerprint density at radius 1 is 0.317 bits per heavy atom. The summed E-state index contributed by atoms with van der Waals surface area (Å²) in [5.41, 5.74) is 0. The first kappa shape index (κ1) is 58.4. The maximum atomic E-state index is 12.8. The first-order chi connectivity index (χ1) is 29.4. The van der Waals surface area contributed by atoms with Crippen LogP contribution in [0.1, 0.15) is 304 Å². The van der Waals surface area contributed by atoms with Crippen molar-refractivity contribution in [3.05, 3.63) is 0 Å². The monoisotopic (exact) mass is 849 g/mol. The minimum absolute atomic E-state index is 0.0626. The maximum absolute atomic E-state index is 12.8. The number of rotatable bonds is 49. The van der Waals surface area contributed by atoms with Crippen LogP contribution in [0.25, 0.3) is 0 Å². The second-order valence-electron chi connectivity index (χ2n) is 19.0. The van der Waals surface area contributed by atoms with Crippen LogP contribution >= 0.6 is 0 Å². The molecule has 0 heterocycles. The first-order valence-electron chi connectivity index (χ1n) is 26.9. The summed E-state index contributed by atoms with van der Waals surface area (Å²) < 4.78 is 16.8. The second-order valence-corrected chi connectivity index (χ2v) is 19.0. The molecule has 0 aliphatic heterocycles. The van der Waals surface area contributed by atoms with E-state index in [0.717, 1.165) is 63.7 Å². The molecule has 0 N–H and O–H groups in total. The van der Waals surface area contributed by atoms with Gasteiger partial charge in [0.2, 0.25) is 0 Å². The van der Waals surface area contributed by atoms with Gasteiger partial charge in [0.15, 0.2) is 6.10 Å². The van der Waals surface area contributed by atoms with Gasteiger partial charge in [0.05, 0.1) is 0 Å². The number of esters is 3. The predicted molar refractivity (Wildman–Crippen MR) is 257 cm³/mol. The van der Waals surface area contributed by atoms with Gasteiger partial charge >= 0.3 is 17.9 Å². The van der Waals surface area contributed by atoms with Gasteiger partial charge < -0.3 is 14.2 Å². The normalized spacial score (nSPS) is 11.9. The molecule has 60 heavy (non-hydrogen) atoms. The summed E-state index contributed by atoms with van der Waals surface area (Å²) in [6.45, 7) is 9.04. The summed E-state index contributed by atoms with van der Waals surface area (Å²) >= 11 is 0. The third-order valence-electron chi connectivity index (χ3n) is 12.3. The Kier molecular flexibility index (Phi) is 47.2. The summed E-state index contributed by atoms with van der Waals surface area (Å²) in [7, 11) is 0. The molecule has 0 radical (unpaired) electrons. The van der Waals surface area contributed by atoms with Crippen LogP contribution in [0.4, 0.5) is 0 Å². The highest BCUT2D eigenvalue weighted by molar-refractivity contribution is 5.71. The van der Waals surface area contributed by atoms with Gasteiger partial charge in [0, 0.05) is 19.3 Å². The van der Waals surface area contributed by atoms with E-state index in [2.05, 4.69) is 27.7 Å². The number of hydrogen-bond acceptors (Lipinski definition) is 6. The Morgan fingerprint density at radius 3 is 0.817 bits per heavy atom. The molecule has 6 heteroatoms. The van der Waals surface area contributed by atoms with Crippen molar-refractivity contribution >= 4 is 17.9 Å². The van der Waals surface area contributed by atoms with Gasteiger partial charge in [-0.1, -0.05) is 265 Å². The zero-order chi connectivity index (χ0) is 43.8. The lowest BCUT2D eigenvalue weighted by Crippen LogP contribution is -2.30. The van der Waals surface area contributed by atoms with Gasteiger partial charge in [-0.25, -0.2) is 0 Å². The fourth-order valence-corrected chi connectivity index (χ4v) is 8.22. The van der Waals surface area contributed by atoms with Crippen molar-refractivity contribution in [2.24, 2.45) is 5.92 Å². The molecule has 6 nitrogen and oxygen atoms in total. The highest BCUT2D eigenvalue weighted by Gasteiger charge is 2.19. The SMILES string of the molecule is CCCCCCCCCCCCCC(=O)OC[C@@H](COC(=O)CCCCCCCCCCCC)OC(=O)CCCCCCCCCCCCCCCCCCCCC(C)C. The molecule has 356 valence electrons. The average Bonchev–Trinajstić information content (AvgIpc) is 3.23. The Bertz CT molecular complexity index is 903. The van der Waals surface area contributed by atoms with Crippen molar-refractivity contribution in [2.45, 2.75) is 310 Å². The lowest BCUT2D eigenvalue weighted by atomic mass is 10.0. The van der Waals surface area contributed by atoms with Crippen molar-refractivity contribution < 1.29 is 28.6 Å². The van der Waals surface area contributed by atoms with Crippen molar-refractivity contribution in [1.29, 1.82) is 0 Å². The molecule has 0 saturated heterocycles. The summed E-state index contributed by atoms with van der Waals surface area (Å²) in [5.74, 6) is 0.0141. The zero-order valence-corrected chi connectivity index (χ0v) is 40.9. The second kappa shape index (κ2) is 48.4. The molecule has 0 unspecified atom stereocenters. The van der Waals surface area contributed by atoms with Gasteiger partial charge in [-0.05, 0) is 25.2 Å². The van der Waals surface area contributed by atoms with Crippen molar-refractivity contribution in [3.63, 3.8) is 0 Å². The lowest BCUT2D eigenvalue weighted by molar-refractivity contribution is -0.167. The summed E-state index contributed by atoms with van der Waals surface area (Å²) in [4.78, 5) is 37.9. The van der Waals surface area contributed by atoms with E-state index < -0.39 is 6.10 Å². The van der Waals surface area contributed by atoms with E-state index in [9.17, 15) is 14.4 Å². The number of carbonyl (C=O) groups excluding carboxylic acids is 3. The fraction of sp³-hybridized carbons (Fsp3) is 0.944. The Morgan fingerprint density at radius 2 is 0.550 bits per heavy atom. The molecule has 0 amide bonds. The molecule has 0 saturated carbocycles. The number of ether oxygens (including phenoxy) is 3. The first-order valence-corrected chi connectivity index (χ1v) is 26.9. The Labute approximate surface area is 374 Å². The van der Waals surface area contributed by atoms with E-state index in [1.165, 1.54) is 199 Å². The van der Waals surface area contributed by atoms with E-state index >= 15 is 0 Å². The van der Waals surface area contributed by atoms with Crippen LogP contribution in [0.5, 0.6) is 0 Å². The highest BCUT2D eigenvalue weighted by atomic mass is 16.6. The molecule has 0 aliphatic rings. The maximum Gasteiger partial charge on any atom is 0.306 e. The molecule has 0 aromatic rings. The van der Waals surface area contributed by atoms with Crippen LogP contribution in [-0.2, 0) is 28.6 Å². The van der Waals surface area contributed by atoms with Crippen molar-refractivity contribution in [2.75, 3.05) is 13.2 Å². The smallest absolute Gasteiger partial charge is 0.306 e. The molecule has 1 atom stereocenters. The van der Waals surface area contributed by atoms with E-state index in [-0.39, 0.29) is 31.1 Å². The van der Waals surface area contributed by atoms with Crippen LogP contribution in [-0.4, -0.2) is 37.2 Å². The predicted octanol–water partition coefficient (Wildman–Crippen LogP) is 17.5. The minimum Gasteiger partial charge on any atom is -0.462 e. The number of hydrogen-bond donors (Lipinski definition) is 0. The molecular weight excluding hydrogens is 745 g/mol. The van der Waals surface area contributed by atoms with Gasteiger partial charge in [-0.2, -0.15) is 0 Å². The van der Waals surface area contributed by atoms with Crippen molar-refractivity contribution in [1.82, 2.24) is 0 Å². The molecule has 0 spiro atoms. The van der Waals surface area contributed by atoms with Crippen LogP contribution in [0.15, 0.2) is 0 Å². The summed E-state index contributed by atoms with van der Waals surface area (Å²) in [5, 5.41) is 0. The van der Waals surface area contributed by atoms with Gasteiger partial charge in [0.1, 0.15) is 13.2 Å². The summed E-state index contributed by atoms with van der Waals surface area (Å²) in [6, 6.07) is 0. The molecule has 0 fully saturated rings. The largest absolute Gasteiger partial charge is 0.462 e. The highest BCUT2D eigenvalue weighted by Crippen LogP contribution is 2.17. The fourth-order valence-electron chi connectivity index (χ4n) is 8.22. The zero-order valence-electron chi connectivity index (χ0n) is 40.9. The molecular formula is C54H104O6. The number of unbranched alkanes of at least 4 members (excludes halogenated alkanes) is 36. The van der Waals surface area contributed by atoms with Gasteiger partial charge in [-0.15, -0.1) is 0 Å². The topological polar surface area (TPSA) is 78.9 Å². The van der Waals surface area contributed by atoms with Crippen LogP contribution in [0, 0.1) is 5.92 Å². The Balaban J connectivity index is 4.20. The van der Waals surface area contributed by atoms with Crippen LogP contribution in [0.3, 0.4) is 0 Å². The quantitative estimate of drug-likeness (QED) is 0.0345. The Hall–Kier alpha value is -1.59. The third kappa shape index (κ3) is 47.5. The van der Waals surface area contributed by atoms with Gasteiger partial charge in [-0.3, -0.25) is 14.4 Å². The lowest BCUT2D eigenvalue weighted by Gasteiger charge is -2.18. The molecule has 0 bridgehead atoms. The average molecular weight is 849 g/mol. The van der Waals surface area contributed by atoms with Gasteiger partial charge in [0.25, 0.3) is 0 Å². The molecule has 0 aliphatic carbocycles. The standard InChI is InChI=1S/C54H104O6/c1-5-7-9-11-13-15-25-30-34-38-42-46-53(56)59-49-51(48-58-52(55)45-41-37-33-29-16-14-12-10-8-6-2)60-54(57)47-43-39-35-31-27-24-22-20-18-17-19-21-23-26-28-32-36-40-44-50(3)4/h50-51H,5-49H2,1-4H3/t51-/m1/s1. The number of carbonyl (C=O) groups is 3. The molecule has 0 aromatic heterocycles. The van der Waals surface area contributed by atoms with E-state index in [1.54, 1.807) is 0 Å². The molecule has 0 rings (SSSR count). The van der Waals surface area contributed by atoms with Crippen LogP contribution < -0.4 is 0 Å².